The van der Waals surface area contributed by atoms with Crippen molar-refractivity contribution in [2.75, 3.05) is 0 Å². The van der Waals surface area contributed by atoms with Gasteiger partial charge in [0.25, 0.3) is 0 Å². The third kappa shape index (κ3) is 4.27. The number of hydrogen-bond donors (Lipinski definition) is 1. The smallest absolute Gasteiger partial charge is 0.213 e. The van der Waals surface area contributed by atoms with E-state index in [9.17, 15) is 0 Å². The highest BCUT2D eigenvalue weighted by atomic mass is 14.9. The molecule has 0 spiro atoms. The van der Waals surface area contributed by atoms with E-state index >= 15 is 0 Å². The first-order valence-corrected chi connectivity index (χ1v) is 10.9. The minimum Gasteiger partial charge on any atom is -0.358 e. The zero-order valence-electron chi connectivity index (χ0n) is 17.6. The maximum Gasteiger partial charge on any atom is 0.213 e. The number of benzene rings is 2. The Morgan fingerprint density at radius 2 is 1.59 bits per heavy atom. The van der Waals surface area contributed by atoms with Crippen molar-refractivity contribution in [3.8, 4) is 0 Å². The molecule has 0 unspecified atom stereocenters. The Balaban J connectivity index is 1.62. The lowest BCUT2D eigenvalue weighted by atomic mass is 10.1. The third-order valence-electron chi connectivity index (χ3n) is 5.83. The number of pyridine rings is 1. The molecule has 2 aromatic carbocycles. The van der Waals surface area contributed by atoms with Gasteiger partial charge in [0.1, 0.15) is 6.54 Å². The van der Waals surface area contributed by atoms with Crippen molar-refractivity contribution in [2.45, 2.75) is 52.5 Å². The molecule has 0 bridgehead atoms. The molecule has 0 atom stereocenters. The maximum atomic E-state index is 3.49. The lowest BCUT2D eigenvalue weighted by Gasteiger charge is -2.05. The number of aromatic nitrogens is 2. The van der Waals surface area contributed by atoms with E-state index in [2.05, 4.69) is 96.3 Å². The van der Waals surface area contributed by atoms with Gasteiger partial charge in [0.15, 0.2) is 6.20 Å². The highest BCUT2D eigenvalue weighted by Crippen LogP contribution is 2.25. The van der Waals surface area contributed by atoms with Crippen LogP contribution in [-0.2, 0) is 6.54 Å². The summed E-state index contributed by atoms with van der Waals surface area (Å²) in [6.07, 6.45) is 13.3. The van der Waals surface area contributed by atoms with Gasteiger partial charge in [-0.05, 0) is 31.0 Å². The average molecular weight is 384 g/mol. The van der Waals surface area contributed by atoms with Gasteiger partial charge in [-0.1, -0.05) is 68.7 Å². The van der Waals surface area contributed by atoms with E-state index in [1.807, 2.05) is 0 Å². The highest BCUT2D eigenvalue weighted by molar-refractivity contribution is 5.95. The maximum absolute atomic E-state index is 3.49. The van der Waals surface area contributed by atoms with E-state index in [1.165, 1.54) is 70.7 Å². The first-order valence-electron chi connectivity index (χ1n) is 10.9. The molecule has 0 fully saturated rings. The topological polar surface area (TPSA) is 19.7 Å². The molecule has 2 heterocycles. The fourth-order valence-electron chi connectivity index (χ4n) is 4.22. The molecule has 0 radical (unpaired) electrons. The molecule has 0 aliphatic heterocycles. The summed E-state index contributed by atoms with van der Waals surface area (Å²) in [5.74, 6) is 0. The van der Waals surface area contributed by atoms with Crippen LogP contribution >= 0.6 is 0 Å². The van der Waals surface area contributed by atoms with Gasteiger partial charge in [0, 0.05) is 40.7 Å². The number of aryl methyl sites for hydroxylation is 2. The second-order valence-corrected chi connectivity index (χ2v) is 7.94. The van der Waals surface area contributed by atoms with Gasteiger partial charge in [-0.2, -0.15) is 4.57 Å². The summed E-state index contributed by atoms with van der Waals surface area (Å²) in [5, 5.41) is 2.60. The number of unbranched alkanes of at least 4 members (excludes halogenated alkanes) is 4. The summed E-state index contributed by atoms with van der Waals surface area (Å²) < 4.78 is 2.41. The molecule has 29 heavy (non-hydrogen) atoms. The third-order valence-corrected chi connectivity index (χ3v) is 5.83. The molecule has 148 valence electrons. The molecule has 1 N–H and O–H groups in total. The molecule has 0 amide bonds. The van der Waals surface area contributed by atoms with Crippen molar-refractivity contribution in [1.82, 2.24) is 4.98 Å². The zero-order chi connectivity index (χ0) is 20.1. The molecule has 4 aromatic rings. The Labute approximate surface area is 173 Å². The van der Waals surface area contributed by atoms with Crippen LogP contribution in [0.2, 0.25) is 0 Å². The molecule has 2 nitrogen and oxygen atoms in total. The summed E-state index contributed by atoms with van der Waals surface area (Å²) in [7, 11) is 0. The van der Waals surface area contributed by atoms with Crippen LogP contribution in [-0.4, -0.2) is 4.98 Å². The van der Waals surface area contributed by atoms with Crippen LogP contribution in [0.25, 0.3) is 34.0 Å². The van der Waals surface area contributed by atoms with Crippen LogP contribution in [0.5, 0.6) is 0 Å². The van der Waals surface area contributed by atoms with Crippen molar-refractivity contribution in [3.63, 3.8) is 0 Å². The number of aromatic amines is 1. The molecular weight excluding hydrogens is 352 g/mol. The van der Waals surface area contributed by atoms with Gasteiger partial charge in [-0.15, -0.1) is 0 Å². The van der Waals surface area contributed by atoms with Crippen molar-refractivity contribution in [1.29, 1.82) is 0 Å². The van der Waals surface area contributed by atoms with Gasteiger partial charge < -0.3 is 4.98 Å². The van der Waals surface area contributed by atoms with E-state index in [0.29, 0.717) is 0 Å². The van der Waals surface area contributed by atoms with Crippen LogP contribution in [0.1, 0.15) is 55.8 Å². The van der Waals surface area contributed by atoms with E-state index in [0.717, 1.165) is 6.54 Å². The molecule has 2 aromatic heterocycles. The Morgan fingerprint density at radius 1 is 0.828 bits per heavy atom. The van der Waals surface area contributed by atoms with Gasteiger partial charge in [-0.3, -0.25) is 0 Å². The Bertz CT molecular complexity index is 1130. The second kappa shape index (κ2) is 9.09. The van der Waals surface area contributed by atoms with Crippen LogP contribution in [0.4, 0.5) is 0 Å². The van der Waals surface area contributed by atoms with E-state index in [4.69, 9.17) is 0 Å². The van der Waals surface area contributed by atoms with Crippen molar-refractivity contribution in [3.05, 3.63) is 77.6 Å². The minimum absolute atomic E-state index is 1.09. The van der Waals surface area contributed by atoms with Crippen molar-refractivity contribution in [2.24, 2.45) is 0 Å². The molecule has 0 saturated carbocycles. The molecule has 0 saturated heterocycles. The zero-order valence-corrected chi connectivity index (χ0v) is 17.6. The van der Waals surface area contributed by atoms with Gasteiger partial charge in [-0.25, -0.2) is 0 Å². The average Bonchev–Trinajstić information content (AvgIpc) is 3.07. The minimum atomic E-state index is 1.09. The van der Waals surface area contributed by atoms with Gasteiger partial charge in [0.2, 0.25) is 5.52 Å². The summed E-state index contributed by atoms with van der Waals surface area (Å²) in [6, 6.07) is 19.5. The predicted octanol–water partition coefficient (Wildman–Crippen LogP) is 7.06. The standard InChI is InChI=1S/C27H30N2/c1-3-4-5-6-11-19-29-20-18-22(24-12-8-10-15-27(24)29)16-17-23-21(2)28-26-14-9-7-13-25(23)26/h7-10,12-18,20H,3-6,11,19H2,1-2H3/p+1. The molecule has 0 aliphatic rings. The van der Waals surface area contributed by atoms with Gasteiger partial charge in [0.05, 0.1) is 5.39 Å². The molecule has 0 aliphatic carbocycles. The number of para-hydroxylation sites is 2. The van der Waals surface area contributed by atoms with Crippen molar-refractivity contribution < 1.29 is 4.57 Å². The van der Waals surface area contributed by atoms with E-state index < -0.39 is 0 Å². The number of nitrogens with zero attached hydrogens (tertiary/aromatic N) is 1. The van der Waals surface area contributed by atoms with Crippen molar-refractivity contribution >= 4 is 34.0 Å². The SMILES string of the molecule is CCCCCCC[n+]1ccc(/C=C/c2c(C)[nH]c3ccccc23)c2ccccc21. The first-order chi connectivity index (χ1) is 14.3. The number of nitrogens with one attached hydrogen (secondary N) is 1. The Kier molecular flexibility index (Phi) is 6.09. The summed E-state index contributed by atoms with van der Waals surface area (Å²) in [5.41, 5.74) is 6.28. The summed E-state index contributed by atoms with van der Waals surface area (Å²) in [6.45, 7) is 5.51. The van der Waals surface area contributed by atoms with Crippen LogP contribution in [0.3, 0.4) is 0 Å². The monoisotopic (exact) mass is 383 g/mol. The summed E-state index contributed by atoms with van der Waals surface area (Å²) >= 11 is 0. The number of fused-ring (bicyclic) bond motifs is 2. The number of H-pyrrole nitrogens is 1. The summed E-state index contributed by atoms with van der Waals surface area (Å²) in [4.78, 5) is 3.49. The fraction of sp³-hybridized carbons (Fsp3) is 0.296. The second-order valence-electron chi connectivity index (χ2n) is 7.94. The lowest BCUT2D eigenvalue weighted by molar-refractivity contribution is -0.671. The quantitative estimate of drug-likeness (QED) is 0.248. The largest absolute Gasteiger partial charge is 0.358 e. The molecule has 2 heteroatoms. The molecular formula is C27H31N2+. The van der Waals surface area contributed by atoms with Crippen LogP contribution in [0.15, 0.2) is 60.8 Å². The number of hydrogen-bond acceptors (Lipinski definition) is 0. The lowest BCUT2D eigenvalue weighted by Crippen LogP contribution is -2.34. The van der Waals surface area contributed by atoms with Crippen LogP contribution < -0.4 is 4.57 Å². The molecule has 4 rings (SSSR count). The first kappa shape index (κ1) is 19.4. The fourth-order valence-corrected chi connectivity index (χ4v) is 4.22. The van der Waals surface area contributed by atoms with E-state index in [1.54, 1.807) is 0 Å². The highest BCUT2D eigenvalue weighted by Gasteiger charge is 2.11. The Hall–Kier alpha value is -2.87. The van der Waals surface area contributed by atoms with E-state index in [-0.39, 0.29) is 0 Å². The normalized spacial score (nSPS) is 11.8. The van der Waals surface area contributed by atoms with Crippen LogP contribution in [0, 0.1) is 6.92 Å². The van der Waals surface area contributed by atoms with Gasteiger partial charge >= 0.3 is 0 Å². The number of rotatable bonds is 8. The Morgan fingerprint density at radius 3 is 2.45 bits per heavy atom. The predicted molar refractivity (Wildman–Crippen MR) is 125 cm³/mol.